The monoisotopic (exact) mass is 332 g/mol. The minimum Gasteiger partial charge on any atom is -0.486 e. The van der Waals surface area contributed by atoms with Crippen molar-refractivity contribution in [3.63, 3.8) is 0 Å². The largest absolute Gasteiger partial charge is 0.486 e. The second-order valence-corrected chi connectivity index (χ2v) is 5.35. The van der Waals surface area contributed by atoms with Gasteiger partial charge in [-0.1, -0.05) is 30.0 Å². The van der Waals surface area contributed by atoms with Gasteiger partial charge in [0.25, 0.3) is 0 Å². The summed E-state index contributed by atoms with van der Waals surface area (Å²) in [5, 5.41) is 0. The lowest BCUT2D eigenvalue weighted by atomic mass is 9.97. The van der Waals surface area contributed by atoms with E-state index in [1.165, 1.54) is 0 Å². The minimum absolute atomic E-state index is 0.291. The zero-order chi connectivity index (χ0) is 17.4. The van der Waals surface area contributed by atoms with Gasteiger partial charge in [0.15, 0.2) is 6.10 Å². The van der Waals surface area contributed by atoms with Crippen LogP contribution in [0.15, 0.2) is 42.2 Å². The third-order valence-electron chi connectivity index (χ3n) is 3.89. The Morgan fingerprint density at radius 2 is 1.71 bits per heavy atom. The van der Waals surface area contributed by atoms with Gasteiger partial charge in [0.1, 0.15) is 24.1 Å². The van der Waals surface area contributed by atoms with E-state index < -0.39 is 6.10 Å². The van der Waals surface area contributed by atoms with E-state index in [-0.39, 0.29) is 18.3 Å². The quantitative estimate of drug-likeness (QED) is 0.772. The molecule has 5 nitrogen and oxygen atoms in total. The summed E-state index contributed by atoms with van der Waals surface area (Å²) in [6, 6.07) is 9.76. The number of benzene rings is 1. The molecule has 1 aliphatic heterocycles. The van der Waals surface area contributed by atoms with Crippen molar-refractivity contribution < 1.29 is 23.7 Å². The van der Waals surface area contributed by atoms with Gasteiger partial charge in [-0.15, -0.1) is 0 Å². The van der Waals surface area contributed by atoms with Crippen LogP contribution in [0.2, 0.25) is 0 Å². The fourth-order valence-electron chi connectivity index (χ4n) is 2.77. The molecule has 4 atom stereocenters. The number of ether oxygens (including phenoxy) is 5. The molecule has 0 spiro atoms. The third-order valence-corrected chi connectivity index (χ3v) is 3.89. The van der Waals surface area contributed by atoms with E-state index in [0.29, 0.717) is 12.4 Å². The SMILES string of the molecule is COC[C@H]1O/C(=C\C#Cc2ccccc2)[C@H](OC)[C@@H](OC)[C@@H]1OC. The lowest BCUT2D eigenvalue weighted by Crippen LogP contribution is -2.55. The number of hydrogen-bond donors (Lipinski definition) is 0. The topological polar surface area (TPSA) is 46.2 Å². The van der Waals surface area contributed by atoms with Crippen LogP contribution in [-0.4, -0.2) is 59.5 Å². The Kier molecular flexibility index (Phi) is 7.29. The molecule has 1 aromatic carbocycles. The number of methoxy groups -OCH3 is 4. The maximum absolute atomic E-state index is 6.01. The van der Waals surface area contributed by atoms with Gasteiger partial charge in [-0.2, -0.15) is 0 Å². The zero-order valence-corrected chi connectivity index (χ0v) is 14.5. The first kappa shape index (κ1) is 18.5. The number of rotatable bonds is 5. The highest BCUT2D eigenvalue weighted by atomic mass is 16.6. The Morgan fingerprint density at radius 3 is 2.29 bits per heavy atom. The zero-order valence-electron chi connectivity index (χ0n) is 14.5. The number of hydrogen-bond acceptors (Lipinski definition) is 5. The van der Waals surface area contributed by atoms with Crippen LogP contribution in [0.1, 0.15) is 5.56 Å². The van der Waals surface area contributed by atoms with Gasteiger partial charge in [-0.05, 0) is 12.1 Å². The molecular formula is C19H24O5. The molecule has 1 fully saturated rings. The molecule has 1 heterocycles. The summed E-state index contributed by atoms with van der Waals surface area (Å²) >= 11 is 0. The van der Waals surface area contributed by atoms with Crippen molar-refractivity contribution in [2.45, 2.75) is 24.4 Å². The molecule has 130 valence electrons. The Bertz CT molecular complexity index is 587. The Morgan fingerprint density at radius 1 is 1.00 bits per heavy atom. The van der Waals surface area contributed by atoms with Gasteiger partial charge < -0.3 is 23.7 Å². The maximum atomic E-state index is 6.01. The Labute approximate surface area is 143 Å². The molecule has 0 unspecified atom stereocenters. The highest BCUT2D eigenvalue weighted by Crippen LogP contribution is 2.29. The van der Waals surface area contributed by atoms with Crippen molar-refractivity contribution in [2.75, 3.05) is 35.0 Å². The Balaban J connectivity index is 2.26. The molecule has 0 amide bonds. The van der Waals surface area contributed by atoms with Crippen molar-refractivity contribution >= 4 is 0 Å². The van der Waals surface area contributed by atoms with Crippen LogP contribution < -0.4 is 0 Å². The van der Waals surface area contributed by atoms with Gasteiger partial charge in [-0.25, -0.2) is 0 Å². The molecule has 0 aliphatic carbocycles. The lowest BCUT2D eigenvalue weighted by molar-refractivity contribution is -0.193. The molecule has 1 aromatic rings. The maximum Gasteiger partial charge on any atom is 0.150 e. The fraction of sp³-hybridized carbons (Fsp3) is 0.474. The van der Waals surface area contributed by atoms with E-state index in [1.54, 1.807) is 34.5 Å². The van der Waals surface area contributed by atoms with Crippen LogP contribution in [-0.2, 0) is 23.7 Å². The summed E-state index contributed by atoms with van der Waals surface area (Å²) in [4.78, 5) is 0. The summed E-state index contributed by atoms with van der Waals surface area (Å²) in [6.07, 6.45) is 0.443. The second kappa shape index (κ2) is 9.45. The predicted octanol–water partition coefficient (Wildman–Crippen LogP) is 2.01. The van der Waals surface area contributed by atoms with Crippen LogP contribution in [0, 0.1) is 11.8 Å². The highest BCUT2D eigenvalue weighted by Gasteiger charge is 2.44. The van der Waals surface area contributed by atoms with Crippen LogP contribution in [0.25, 0.3) is 0 Å². The van der Waals surface area contributed by atoms with Crippen molar-refractivity contribution in [3.8, 4) is 11.8 Å². The highest BCUT2D eigenvalue weighted by molar-refractivity contribution is 5.37. The van der Waals surface area contributed by atoms with Crippen LogP contribution >= 0.6 is 0 Å². The van der Waals surface area contributed by atoms with Crippen LogP contribution in [0.5, 0.6) is 0 Å². The van der Waals surface area contributed by atoms with E-state index in [0.717, 1.165) is 5.56 Å². The molecule has 0 N–H and O–H groups in total. The standard InChI is InChI=1S/C19H24O5/c1-20-13-16-18(22-3)19(23-4)17(21-2)15(24-16)12-8-11-14-9-6-5-7-10-14/h5-7,9-10,12,16-19H,13H2,1-4H3/b15-12-/t16-,17+,18-,19-/m1/s1. The molecule has 1 saturated heterocycles. The molecular weight excluding hydrogens is 308 g/mol. The normalized spacial score (nSPS) is 28.1. The van der Waals surface area contributed by atoms with E-state index >= 15 is 0 Å². The van der Waals surface area contributed by atoms with E-state index in [9.17, 15) is 0 Å². The molecule has 5 heteroatoms. The summed E-state index contributed by atoms with van der Waals surface area (Å²) in [6.45, 7) is 0.387. The minimum atomic E-state index is -0.391. The average molecular weight is 332 g/mol. The first-order valence-electron chi connectivity index (χ1n) is 7.75. The molecule has 0 bridgehead atoms. The smallest absolute Gasteiger partial charge is 0.150 e. The average Bonchev–Trinajstić information content (AvgIpc) is 2.62. The Hall–Kier alpha value is -1.84. The van der Waals surface area contributed by atoms with Gasteiger partial charge in [0.2, 0.25) is 0 Å². The first-order valence-corrected chi connectivity index (χ1v) is 7.75. The van der Waals surface area contributed by atoms with Crippen molar-refractivity contribution in [1.29, 1.82) is 0 Å². The van der Waals surface area contributed by atoms with E-state index in [4.69, 9.17) is 23.7 Å². The second-order valence-electron chi connectivity index (χ2n) is 5.35. The van der Waals surface area contributed by atoms with Crippen molar-refractivity contribution in [1.82, 2.24) is 0 Å². The van der Waals surface area contributed by atoms with Gasteiger partial charge in [0.05, 0.1) is 6.61 Å². The third kappa shape index (κ3) is 4.37. The van der Waals surface area contributed by atoms with Gasteiger partial charge >= 0.3 is 0 Å². The van der Waals surface area contributed by atoms with Crippen LogP contribution in [0.3, 0.4) is 0 Å². The van der Waals surface area contributed by atoms with Crippen molar-refractivity contribution in [3.05, 3.63) is 47.7 Å². The van der Waals surface area contributed by atoms with E-state index in [1.807, 2.05) is 30.3 Å². The lowest BCUT2D eigenvalue weighted by Gasteiger charge is -2.41. The predicted molar refractivity (Wildman–Crippen MR) is 90.5 cm³/mol. The molecule has 1 aliphatic rings. The molecule has 0 aromatic heterocycles. The van der Waals surface area contributed by atoms with Gasteiger partial charge in [0, 0.05) is 40.1 Å². The molecule has 24 heavy (non-hydrogen) atoms. The summed E-state index contributed by atoms with van der Waals surface area (Å²) in [7, 11) is 6.49. The molecule has 2 rings (SSSR count). The molecule has 0 saturated carbocycles. The summed E-state index contributed by atoms with van der Waals surface area (Å²) < 4.78 is 27.9. The van der Waals surface area contributed by atoms with E-state index in [2.05, 4.69) is 11.8 Å². The number of allylic oxidation sites excluding steroid dienone is 1. The first-order chi connectivity index (χ1) is 11.7. The molecule has 0 radical (unpaired) electrons. The fourth-order valence-corrected chi connectivity index (χ4v) is 2.77. The summed E-state index contributed by atoms with van der Waals surface area (Å²) in [5.74, 6) is 6.71. The van der Waals surface area contributed by atoms with Crippen molar-refractivity contribution in [2.24, 2.45) is 0 Å². The van der Waals surface area contributed by atoms with Crippen LogP contribution in [0.4, 0.5) is 0 Å². The van der Waals surface area contributed by atoms with Gasteiger partial charge in [-0.3, -0.25) is 0 Å². The summed E-state index contributed by atoms with van der Waals surface area (Å²) in [5.41, 5.74) is 0.936.